The summed E-state index contributed by atoms with van der Waals surface area (Å²) in [4.78, 5) is 50.4. The number of ketones is 2. The summed E-state index contributed by atoms with van der Waals surface area (Å²) in [7, 11) is -8.76. The zero-order valence-electron chi connectivity index (χ0n) is 22.3. The number of aliphatic carboxylic acids is 2. The standard InChI is InChI=1S/C26H16Cl4N2O12S2/c27-14-7-15(23(39)12-3-1-10(5-16(12)33)45(41,42)8-18(35)36)32(26(14)30)22-20(28)25(29)31-21(22)24(40)13-4-2-11(6-17(13)34)46(43,44)9-19(37)38/h1-7,31,33-34H,8-9H2,(H,35,36)(H,37,38). The highest BCUT2D eigenvalue weighted by atomic mass is 35.5. The Hall–Kier alpha value is -4.06. The summed E-state index contributed by atoms with van der Waals surface area (Å²) in [6, 6.07) is 5.93. The summed E-state index contributed by atoms with van der Waals surface area (Å²) in [6.45, 7) is 0. The van der Waals surface area contributed by atoms with Crippen LogP contribution in [-0.2, 0) is 29.3 Å². The van der Waals surface area contributed by atoms with Gasteiger partial charge in [0.05, 0.1) is 37.3 Å². The van der Waals surface area contributed by atoms with Crippen LogP contribution in [0.3, 0.4) is 0 Å². The number of phenolic OH excluding ortho intramolecular Hbond substituents is 2. The highest BCUT2D eigenvalue weighted by Gasteiger charge is 2.32. The van der Waals surface area contributed by atoms with Gasteiger partial charge in [-0.1, -0.05) is 46.4 Å². The monoisotopic (exact) mass is 752 g/mol. The molecule has 0 atom stereocenters. The van der Waals surface area contributed by atoms with Crippen LogP contribution in [0.1, 0.15) is 32.1 Å². The Labute approximate surface area is 278 Å². The Morgan fingerprint density at radius 3 is 1.61 bits per heavy atom. The number of rotatable bonds is 11. The van der Waals surface area contributed by atoms with Crippen LogP contribution in [-0.4, -0.2) is 81.8 Å². The number of phenols is 2. The second kappa shape index (κ2) is 12.6. The first-order valence-corrected chi connectivity index (χ1v) is 16.9. The van der Waals surface area contributed by atoms with E-state index in [9.17, 15) is 46.2 Å². The number of carboxylic acid groups (broad SMARTS) is 2. The Morgan fingerprint density at radius 2 is 1.17 bits per heavy atom. The van der Waals surface area contributed by atoms with Crippen molar-refractivity contribution in [3.05, 3.63) is 85.3 Å². The van der Waals surface area contributed by atoms with E-state index in [1.807, 2.05) is 0 Å². The zero-order chi connectivity index (χ0) is 34.5. The van der Waals surface area contributed by atoms with E-state index in [0.29, 0.717) is 12.1 Å². The fourth-order valence-electron chi connectivity index (χ4n) is 4.21. The van der Waals surface area contributed by atoms with Crippen LogP contribution < -0.4 is 0 Å². The number of nitrogens with zero attached hydrogens (tertiary/aromatic N) is 1. The summed E-state index contributed by atoms with van der Waals surface area (Å²) in [5, 5.41) is 37.4. The van der Waals surface area contributed by atoms with E-state index in [1.54, 1.807) is 0 Å². The van der Waals surface area contributed by atoms with Crippen molar-refractivity contribution in [2.24, 2.45) is 0 Å². The molecule has 14 nitrogen and oxygen atoms in total. The number of halogens is 4. The fourth-order valence-corrected chi connectivity index (χ4v) is 7.16. The van der Waals surface area contributed by atoms with Gasteiger partial charge in [0.25, 0.3) is 0 Å². The van der Waals surface area contributed by atoms with Crippen LogP contribution in [0.15, 0.2) is 52.3 Å². The number of carbonyl (C=O) groups excluding carboxylic acids is 2. The maximum absolute atomic E-state index is 13.6. The van der Waals surface area contributed by atoms with Crippen LogP contribution in [0.2, 0.25) is 20.4 Å². The van der Waals surface area contributed by atoms with Crippen molar-refractivity contribution in [1.29, 1.82) is 0 Å². The highest BCUT2D eigenvalue weighted by Crippen LogP contribution is 2.40. The second-order valence-electron chi connectivity index (χ2n) is 9.30. The molecule has 0 aliphatic heterocycles. The molecule has 2 aromatic carbocycles. The molecule has 0 saturated heterocycles. The number of hydrogen-bond donors (Lipinski definition) is 5. The molecule has 0 amide bonds. The smallest absolute Gasteiger partial charge is 0.319 e. The molecule has 0 unspecified atom stereocenters. The van der Waals surface area contributed by atoms with E-state index >= 15 is 0 Å². The number of aromatic amines is 1. The van der Waals surface area contributed by atoms with E-state index in [0.717, 1.165) is 34.9 Å². The SMILES string of the molecule is O=C(O)CS(=O)(=O)c1ccc(C(=O)c2[nH]c(Cl)c(Cl)c2-n2c(C(=O)c3ccc(S(=O)(=O)CC(=O)O)cc3O)cc(Cl)c2Cl)c(O)c1. The first kappa shape index (κ1) is 34.8. The summed E-state index contributed by atoms with van der Waals surface area (Å²) < 4.78 is 50.0. The van der Waals surface area contributed by atoms with Crippen LogP contribution in [0, 0.1) is 0 Å². The second-order valence-corrected chi connectivity index (χ2v) is 14.8. The molecule has 0 aliphatic rings. The van der Waals surface area contributed by atoms with Crippen molar-refractivity contribution in [1.82, 2.24) is 9.55 Å². The zero-order valence-corrected chi connectivity index (χ0v) is 26.9. The van der Waals surface area contributed by atoms with Gasteiger partial charge in [0, 0.05) is 0 Å². The van der Waals surface area contributed by atoms with Crippen molar-refractivity contribution in [3.8, 4) is 17.2 Å². The van der Waals surface area contributed by atoms with Crippen molar-refractivity contribution >= 4 is 89.6 Å². The molecular weight excluding hydrogens is 738 g/mol. The average molecular weight is 754 g/mol. The summed E-state index contributed by atoms with van der Waals surface area (Å²) in [6.07, 6.45) is 0. The molecule has 0 spiro atoms. The number of nitrogens with one attached hydrogen (secondary N) is 1. The molecule has 242 valence electrons. The van der Waals surface area contributed by atoms with Gasteiger partial charge in [-0.2, -0.15) is 0 Å². The molecule has 0 fully saturated rings. The lowest BCUT2D eigenvalue weighted by Crippen LogP contribution is -2.16. The van der Waals surface area contributed by atoms with E-state index < -0.39 is 104 Å². The van der Waals surface area contributed by atoms with Crippen molar-refractivity contribution in [2.45, 2.75) is 9.79 Å². The predicted octanol–water partition coefficient (Wildman–Crippen LogP) is 4.01. The Morgan fingerprint density at radius 1 is 0.717 bits per heavy atom. The molecule has 0 saturated carbocycles. The van der Waals surface area contributed by atoms with Crippen molar-refractivity contribution in [2.75, 3.05) is 11.5 Å². The summed E-state index contributed by atoms with van der Waals surface area (Å²) >= 11 is 25.2. The fraction of sp³-hybridized carbons (Fsp3) is 0.0769. The number of hydrogen-bond acceptors (Lipinski definition) is 10. The Balaban J connectivity index is 1.84. The topological polar surface area (TPSA) is 238 Å². The maximum atomic E-state index is 13.6. The number of aromatic hydroxyl groups is 2. The van der Waals surface area contributed by atoms with Gasteiger partial charge in [0.1, 0.15) is 32.5 Å². The molecule has 20 heteroatoms. The van der Waals surface area contributed by atoms with Gasteiger partial charge in [-0.3, -0.25) is 23.7 Å². The number of carbonyl (C=O) groups is 4. The molecular formula is C26H16Cl4N2O12S2. The lowest BCUT2D eigenvalue weighted by Gasteiger charge is -2.13. The van der Waals surface area contributed by atoms with Crippen LogP contribution in [0.5, 0.6) is 11.5 Å². The lowest BCUT2D eigenvalue weighted by atomic mass is 10.1. The molecule has 2 heterocycles. The average Bonchev–Trinajstić information content (AvgIpc) is 3.39. The molecule has 0 aliphatic carbocycles. The first-order chi connectivity index (χ1) is 21.3. The molecule has 0 radical (unpaired) electrons. The number of carboxylic acids is 2. The maximum Gasteiger partial charge on any atom is 0.319 e. The number of H-pyrrole nitrogens is 1. The number of aromatic nitrogens is 2. The van der Waals surface area contributed by atoms with Crippen molar-refractivity contribution < 1.29 is 56.4 Å². The van der Waals surface area contributed by atoms with E-state index in [2.05, 4.69) is 4.98 Å². The Kier molecular flexibility index (Phi) is 9.55. The third kappa shape index (κ3) is 6.58. The van der Waals surface area contributed by atoms with Gasteiger partial charge in [0.2, 0.25) is 11.6 Å². The molecule has 4 rings (SSSR count). The van der Waals surface area contributed by atoms with Gasteiger partial charge >= 0.3 is 11.9 Å². The van der Waals surface area contributed by atoms with Gasteiger partial charge in [-0.15, -0.1) is 0 Å². The van der Waals surface area contributed by atoms with Gasteiger partial charge in [-0.25, -0.2) is 16.8 Å². The first-order valence-electron chi connectivity index (χ1n) is 12.1. The van der Waals surface area contributed by atoms with Gasteiger partial charge in [-0.05, 0) is 42.5 Å². The minimum atomic E-state index is -4.38. The minimum absolute atomic E-state index is 0.257. The summed E-state index contributed by atoms with van der Waals surface area (Å²) in [5.74, 6) is -9.70. The third-order valence-corrected chi connectivity index (χ3v) is 10.9. The molecule has 2 aromatic heterocycles. The largest absolute Gasteiger partial charge is 0.507 e. The molecule has 0 bridgehead atoms. The Bertz CT molecular complexity index is 2050. The third-order valence-electron chi connectivity index (χ3n) is 6.23. The van der Waals surface area contributed by atoms with E-state index in [1.165, 1.54) is 0 Å². The predicted molar refractivity (Wildman–Crippen MR) is 163 cm³/mol. The van der Waals surface area contributed by atoms with E-state index in [-0.39, 0.29) is 20.9 Å². The van der Waals surface area contributed by atoms with E-state index in [4.69, 9.17) is 56.6 Å². The summed E-state index contributed by atoms with van der Waals surface area (Å²) in [5.41, 5.74) is -2.31. The minimum Gasteiger partial charge on any atom is -0.507 e. The molecule has 4 aromatic rings. The van der Waals surface area contributed by atoms with Crippen LogP contribution in [0.25, 0.3) is 5.69 Å². The quantitative estimate of drug-likeness (QED) is 0.137. The number of benzene rings is 2. The molecule has 46 heavy (non-hydrogen) atoms. The van der Waals surface area contributed by atoms with Crippen LogP contribution >= 0.6 is 46.4 Å². The van der Waals surface area contributed by atoms with Gasteiger partial charge in [0.15, 0.2) is 31.2 Å². The normalized spacial score (nSPS) is 11.8. The van der Waals surface area contributed by atoms with Crippen molar-refractivity contribution in [3.63, 3.8) is 0 Å². The highest BCUT2D eigenvalue weighted by molar-refractivity contribution is 7.92. The lowest BCUT2D eigenvalue weighted by molar-refractivity contribution is -0.135. The van der Waals surface area contributed by atoms with Gasteiger partial charge < -0.3 is 25.4 Å². The molecule has 5 N–H and O–H groups in total. The number of sulfone groups is 2. The van der Waals surface area contributed by atoms with Crippen LogP contribution in [0.4, 0.5) is 0 Å².